The number of hydrogen-bond donors (Lipinski definition) is 2. The van der Waals surface area contributed by atoms with Crippen LogP contribution in [0.4, 0.5) is 17.2 Å². The summed E-state index contributed by atoms with van der Waals surface area (Å²) in [5.41, 5.74) is 4.30. The van der Waals surface area contributed by atoms with Crippen LogP contribution in [0.15, 0.2) is 95.5 Å². The van der Waals surface area contributed by atoms with E-state index in [1.807, 2.05) is 42.5 Å². The largest absolute Gasteiger partial charge is 0.370 e. The molecule has 0 aliphatic carbocycles. The van der Waals surface area contributed by atoms with E-state index in [0.29, 0.717) is 11.6 Å². The summed E-state index contributed by atoms with van der Waals surface area (Å²) >= 11 is 0. The Morgan fingerprint density at radius 2 is 1.58 bits per heavy atom. The molecule has 0 bridgehead atoms. The van der Waals surface area contributed by atoms with E-state index >= 15 is 0 Å². The predicted octanol–water partition coefficient (Wildman–Crippen LogP) is 5.10. The molecule has 1 atom stereocenters. The molecule has 1 saturated heterocycles. The average Bonchev–Trinajstić information content (AvgIpc) is 3.33. The van der Waals surface area contributed by atoms with Crippen molar-refractivity contribution >= 4 is 23.1 Å². The minimum absolute atomic E-state index is 0.201. The summed E-state index contributed by atoms with van der Waals surface area (Å²) in [7, 11) is 0. The lowest BCUT2D eigenvalue weighted by Gasteiger charge is -2.36. The molecule has 1 amide bonds. The van der Waals surface area contributed by atoms with Gasteiger partial charge in [-0.05, 0) is 42.3 Å². The van der Waals surface area contributed by atoms with Crippen LogP contribution in [0.25, 0.3) is 0 Å². The van der Waals surface area contributed by atoms with Crippen molar-refractivity contribution in [1.29, 1.82) is 0 Å². The van der Waals surface area contributed by atoms with Gasteiger partial charge in [-0.25, -0.2) is 0 Å². The zero-order chi connectivity index (χ0) is 24.7. The number of hydrogen-bond acceptors (Lipinski definition) is 6. The van der Waals surface area contributed by atoms with E-state index < -0.39 is 6.04 Å². The summed E-state index contributed by atoms with van der Waals surface area (Å²) in [6.45, 7) is 6.84. The Hall–Kier alpha value is -4.10. The fourth-order valence-corrected chi connectivity index (χ4v) is 4.51. The number of carbonyl (C=O) groups excluding carboxylic acids is 1. The maximum absolute atomic E-state index is 13.1. The van der Waals surface area contributed by atoms with E-state index in [1.54, 1.807) is 13.0 Å². The van der Waals surface area contributed by atoms with Crippen LogP contribution >= 0.6 is 0 Å². The first kappa shape index (κ1) is 23.6. The number of benzene rings is 3. The molecule has 5 rings (SSSR count). The molecule has 4 aromatic rings. The van der Waals surface area contributed by atoms with Crippen molar-refractivity contribution in [1.82, 2.24) is 10.1 Å². The summed E-state index contributed by atoms with van der Waals surface area (Å²) in [6, 6.07) is 29.8. The molecule has 7 heteroatoms. The van der Waals surface area contributed by atoms with Crippen LogP contribution in [-0.2, 0) is 11.3 Å². The quantitative estimate of drug-likeness (QED) is 0.365. The Balaban J connectivity index is 1.22. The Bertz CT molecular complexity index is 1250. The number of piperazine rings is 1. The smallest absolute Gasteiger partial charge is 0.252 e. The molecular formula is C29H31N5O2. The van der Waals surface area contributed by atoms with Crippen molar-refractivity contribution in [3.8, 4) is 0 Å². The highest BCUT2D eigenvalue weighted by Gasteiger charge is 2.22. The molecule has 1 fully saturated rings. The van der Waals surface area contributed by atoms with Crippen LogP contribution in [0, 0.1) is 6.92 Å². The Morgan fingerprint density at radius 1 is 0.917 bits per heavy atom. The van der Waals surface area contributed by atoms with Crippen molar-refractivity contribution in [2.24, 2.45) is 0 Å². The van der Waals surface area contributed by atoms with Gasteiger partial charge in [0.2, 0.25) is 0 Å². The Morgan fingerprint density at radius 3 is 2.22 bits per heavy atom. The van der Waals surface area contributed by atoms with E-state index in [0.717, 1.165) is 44.0 Å². The molecule has 1 aromatic heterocycles. The summed E-state index contributed by atoms with van der Waals surface area (Å²) < 4.78 is 5.08. The number of rotatable bonds is 8. The van der Waals surface area contributed by atoms with Gasteiger partial charge in [-0.2, -0.15) is 0 Å². The van der Waals surface area contributed by atoms with E-state index in [-0.39, 0.29) is 5.91 Å². The first-order chi connectivity index (χ1) is 17.6. The number of aromatic nitrogens is 1. The topological polar surface area (TPSA) is 73.6 Å². The fourth-order valence-electron chi connectivity index (χ4n) is 4.51. The molecule has 1 aliphatic heterocycles. The van der Waals surface area contributed by atoms with Gasteiger partial charge in [-0.15, -0.1) is 0 Å². The lowest BCUT2D eigenvalue weighted by Crippen LogP contribution is -2.45. The molecule has 0 saturated carbocycles. The molecule has 36 heavy (non-hydrogen) atoms. The molecular weight excluding hydrogens is 450 g/mol. The van der Waals surface area contributed by atoms with Crippen molar-refractivity contribution in [2.45, 2.75) is 19.5 Å². The maximum Gasteiger partial charge on any atom is 0.252 e. The summed E-state index contributed by atoms with van der Waals surface area (Å²) in [5, 5.41) is 10.1. The third kappa shape index (κ3) is 5.93. The normalized spacial score (nSPS) is 14.9. The standard InChI is InChI=1S/C29H31N5O2/c1-22-20-27(32-36-22)31-29(35)28(24-10-6-3-7-11-24)30-25-12-14-26(15-13-25)34-18-16-33(17-19-34)21-23-8-4-2-5-9-23/h2-15,20,28,30H,16-19,21H2,1H3,(H,31,32,35). The van der Waals surface area contributed by atoms with Gasteiger partial charge < -0.3 is 20.1 Å². The lowest BCUT2D eigenvalue weighted by atomic mass is 10.1. The zero-order valence-corrected chi connectivity index (χ0v) is 20.4. The molecule has 0 radical (unpaired) electrons. The highest BCUT2D eigenvalue weighted by atomic mass is 16.5. The van der Waals surface area contributed by atoms with Crippen LogP contribution in [0.1, 0.15) is 22.9 Å². The Kier molecular flexibility index (Phi) is 7.28. The summed E-state index contributed by atoms with van der Waals surface area (Å²) in [6.07, 6.45) is 0. The van der Waals surface area contributed by atoms with Crippen LogP contribution in [-0.4, -0.2) is 42.1 Å². The van der Waals surface area contributed by atoms with Crippen molar-refractivity contribution in [3.63, 3.8) is 0 Å². The molecule has 0 spiro atoms. The molecule has 184 valence electrons. The van der Waals surface area contributed by atoms with Crippen LogP contribution in [0.3, 0.4) is 0 Å². The van der Waals surface area contributed by atoms with Gasteiger partial charge >= 0.3 is 0 Å². The molecule has 3 aromatic carbocycles. The average molecular weight is 482 g/mol. The first-order valence-electron chi connectivity index (χ1n) is 12.3. The maximum atomic E-state index is 13.1. The molecule has 2 N–H and O–H groups in total. The highest BCUT2D eigenvalue weighted by Crippen LogP contribution is 2.25. The van der Waals surface area contributed by atoms with Crippen molar-refractivity contribution < 1.29 is 9.32 Å². The van der Waals surface area contributed by atoms with Gasteiger partial charge in [0.25, 0.3) is 5.91 Å². The molecule has 2 heterocycles. The number of carbonyl (C=O) groups is 1. The molecule has 1 unspecified atom stereocenters. The van der Waals surface area contributed by atoms with Crippen molar-refractivity contribution in [2.75, 3.05) is 41.7 Å². The number of nitrogens with one attached hydrogen (secondary N) is 2. The van der Waals surface area contributed by atoms with Crippen LogP contribution < -0.4 is 15.5 Å². The van der Waals surface area contributed by atoms with E-state index in [2.05, 4.69) is 68.1 Å². The van der Waals surface area contributed by atoms with Gasteiger partial charge in [0, 0.05) is 50.2 Å². The highest BCUT2D eigenvalue weighted by molar-refractivity contribution is 5.96. The predicted molar refractivity (Wildman–Crippen MR) is 143 cm³/mol. The summed E-state index contributed by atoms with van der Waals surface area (Å²) in [5.74, 6) is 0.848. The Labute approximate surface area is 211 Å². The number of aryl methyl sites for hydroxylation is 1. The van der Waals surface area contributed by atoms with E-state index in [9.17, 15) is 4.79 Å². The third-order valence-corrected chi connectivity index (χ3v) is 6.44. The second-order valence-corrected chi connectivity index (χ2v) is 9.10. The SMILES string of the molecule is Cc1cc(NC(=O)C(Nc2ccc(N3CCN(Cc4ccccc4)CC3)cc2)c2ccccc2)no1. The first-order valence-corrected chi connectivity index (χ1v) is 12.3. The number of nitrogens with zero attached hydrogens (tertiary/aromatic N) is 3. The van der Waals surface area contributed by atoms with E-state index in [4.69, 9.17) is 4.52 Å². The van der Waals surface area contributed by atoms with Crippen LogP contribution in [0.5, 0.6) is 0 Å². The molecule has 1 aliphatic rings. The minimum Gasteiger partial charge on any atom is -0.370 e. The van der Waals surface area contributed by atoms with Gasteiger partial charge in [0.15, 0.2) is 5.82 Å². The number of anilines is 3. The fraction of sp³-hybridized carbons (Fsp3) is 0.241. The third-order valence-electron chi connectivity index (χ3n) is 6.44. The van der Waals surface area contributed by atoms with Gasteiger partial charge in [-0.3, -0.25) is 9.69 Å². The van der Waals surface area contributed by atoms with E-state index in [1.165, 1.54) is 11.3 Å². The second-order valence-electron chi connectivity index (χ2n) is 9.10. The second kappa shape index (κ2) is 11.1. The van der Waals surface area contributed by atoms with Gasteiger partial charge in [0.05, 0.1) is 0 Å². The molecule has 7 nitrogen and oxygen atoms in total. The van der Waals surface area contributed by atoms with Gasteiger partial charge in [-0.1, -0.05) is 65.8 Å². The zero-order valence-electron chi connectivity index (χ0n) is 20.4. The lowest BCUT2D eigenvalue weighted by molar-refractivity contribution is -0.117. The van der Waals surface area contributed by atoms with Gasteiger partial charge in [0.1, 0.15) is 11.8 Å². The summed E-state index contributed by atoms with van der Waals surface area (Å²) in [4.78, 5) is 18.1. The van der Waals surface area contributed by atoms with Crippen LogP contribution in [0.2, 0.25) is 0 Å². The minimum atomic E-state index is -0.574. The van der Waals surface area contributed by atoms with Crippen molar-refractivity contribution in [3.05, 3.63) is 108 Å². The monoisotopic (exact) mass is 481 g/mol. The number of amides is 1.